The van der Waals surface area contributed by atoms with Crippen molar-refractivity contribution in [3.63, 3.8) is 0 Å². The molecule has 0 aliphatic heterocycles. The van der Waals surface area contributed by atoms with Gasteiger partial charge < -0.3 is 10.1 Å². The highest BCUT2D eigenvalue weighted by atomic mass is 16.5. The van der Waals surface area contributed by atoms with Crippen molar-refractivity contribution in [1.82, 2.24) is 20.3 Å². The first-order valence-electron chi connectivity index (χ1n) is 7.71. The molecule has 0 aliphatic rings. The molecule has 24 heavy (non-hydrogen) atoms. The molecule has 2 aromatic carbocycles. The third-order valence-corrected chi connectivity index (χ3v) is 3.36. The minimum Gasteiger partial charge on any atom is -0.492 e. The highest BCUT2D eigenvalue weighted by Gasteiger charge is 2.10. The number of hydrogen-bond donors (Lipinski definition) is 1. The van der Waals surface area contributed by atoms with Gasteiger partial charge in [-0.25, -0.2) is 4.68 Å². The zero-order chi connectivity index (χ0) is 16.6. The maximum atomic E-state index is 12.0. The third-order valence-electron chi connectivity index (χ3n) is 3.36. The molecular formula is C18H18N4O2. The van der Waals surface area contributed by atoms with Gasteiger partial charge in [0.25, 0.3) is 5.91 Å². The molecule has 0 atom stereocenters. The number of carbonyl (C=O) groups excluding carboxylic acids is 1. The Hall–Kier alpha value is -3.15. The van der Waals surface area contributed by atoms with Crippen LogP contribution in [-0.2, 0) is 6.54 Å². The summed E-state index contributed by atoms with van der Waals surface area (Å²) in [5, 5.41) is 10.7. The second-order valence-electron chi connectivity index (χ2n) is 5.20. The van der Waals surface area contributed by atoms with E-state index in [9.17, 15) is 4.79 Å². The first-order valence-corrected chi connectivity index (χ1v) is 7.71. The molecule has 1 heterocycles. The number of ether oxygens (including phenoxy) is 1. The maximum absolute atomic E-state index is 12.0. The molecule has 1 N–H and O–H groups in total. The standard InChI is InChI=1S/C18H18N4O2/c23-18(19-11-12-24-16-9-5-2-6-10-16)17-14-22(21-20-17)13-15-7-3-1-4-8-15/h1-10,14H,11-13H2,(H,19,23). The Morgan fingerprint density at radius 3 is 2.50 bits per heavy atom. The van der Waals surface area contributed by atoms with E-state index < -0.39 is 0 Å². The monoisotopic (exact) mass is 322 g/mol. The molecule has 0 saturated heterocycles. The van der Waals surface area contributed by atoms with Crippen LogP contribution < -0.4 is 10.1 Å². The van der Waals surface area contributed by atoms with Crippen molar-refractivity contribution in [3.8, 4) is 5.75 Å². The fourth-order valence-electron chi connectivity index (χ4n) is 2.19. The second-order valence-corrected chi connectivity index (χ2v) is 5.20. The summed E-state index contributed by atoms with van der Waals surface area (Å²) in [6.07, 6.45) is 1.64. The van der Waals surface area contributed by atoms with Crippen LogP contribution in [0.3, 0.4) is 0 Å². The average molecular weight is 322 g/mol. The Morgan fingerprint density at radius 1 is 1.04 bits per heavy atom. The first-order chi connectivity index (χ1) is 11.8. The van der Waals surface area contributed by atoms with Crippen LogP contribution in [-0.4, -0.2) is 34.1 Å². The van der Waals surface area contributed by atoms with Crippen LogP contribution in [0, 0.1) is 0 Å². The average Bonchev–Trinajstić information content (AvgIpc) is 3.09. The summed E-state index contributed by atoms with van der Waals surface area (Å²) >= 11 is 0. The summed E-state index contributed by atoms with van der Waals surface area (Å²) in [6, 6.07) is 19.4. The molecule has 0 unspecified atom stereocenters. The van der Waals surface area contributed by atoms with Gasteiger partial charge in [0.15, 0.2) is 5.69 Å². The molecule has 0 bridgehead atoms. The van der Waals surface area contributed by atoms with Crippen LogP contribution in [0.1, 0.15) is 16.1 Å². The van der Waals surface area contributed by atoms with E-state index in [2.05, 4.69) is 15.6 Å². The van der Waals surface area contributed by atoms with E-state index in [-0.39, 0.29) is 5.91 Å². The Kier molecular flexibility index (Phi) is 5.19. The van der Waals surface area contributed by atoms with Gasteiger partial charge in [0.05, 0.1) is 19.3 Å². The fourth-order valence-corrected chi connectivity index (χ4v) is 2.19. The Morgan fingerprint density at radius 2 is 1.75 bits per heavy atom. The van der Waals surface area contributed by atoms with E-state index in [0.29, 0.717) is 25.4 Å². The van der Waals surface area contributed by atoms with Crippen molar-refractivity contribution in [2.45, 2.75) is 6.54 Å². The number of aromatic nitrogens is 3. The normalized spacial score (nSPS) is 10.3. The van der Waals surface area contributed by atoms with E-state index in [1.807, 2.05) is 60.7 Å². The van der Waals surface area contributed by atoms with Crippen LogP contribution in [0.4, 0.5) is 0 Å². The molecule has 6 nitrogen and oxygen atoms in total. The predicted molar refractivity (Wildman–Crippen MR) is 89.8 cm³/mol. The number of carbonyl (C=O) groups is 1. The number of nitrogens with zero attached hydrogens (tertiary/aromatic N) is 3. The van der Waals surface area contributed by atoms with Crippen LogP contribution in [0.25, 0.3) is 0 Å². The van der Waals surface area contributed by atoms with Gasteiger partial charge in [-0.1, -0.05) is 53.7 Å². The SMILES string of the molecule is O=C(NCCOc1ccccc1)c1cn(Cc2ccccc2)nn1. The van der Waals surface area contributed by atoms with E-state index in [0.717, 1.165) is 11.3 Å². The highest BCUT2D eigenvalue weighted by Crippen LogP contribution is 2.07. The van der Waals surface area contributed by atoms with Gasteiger partial charge >= 0.3 is 0 Å². The van der Waals surface area contributed by atoms with Crippen molar-refractivity contribution < 1.29 is 9.53 Å². The molecule has 3 rings (SSSR count). The van der Waals surface area contributed by atoms with Crippen molar-refractivity contribution in [2.24, 2.45) is 0 Å². The molecule has 0 fully saturated rings. The van der Waals surface area contributed by atoms with Crippen molar-refractivity contribution in [2.75, 3.05) is 13.2 Å². The third kappa shape index (κ3) is 4.42. The lowest BCUT2D eigenvalue weighted by atomic mass is 10.2. The number of nitrogens with one attached hydrogen (secondary N) is 1. The van der Waals surface area contributed by atoms with Crippen molar-refractivity contribution >= 4 is 5.91 Å². The summed E-state index contributed by atoms with van der Waals surface area (Å²) in [5.74, 6) is 0.520. The van der Waals surface area contributed by atoms with Gasteiger partial charge in [-0.15, -0.1) is 5.10 Å². The zero-order valence-electron chi connectivity index (χ0n) is 13.1. The number of benzene rings is 2. The summed E-state index contributed by atoms with van der Waals surface area (Å²) in [5.41, 5.74) is 1.40. The van der Waals surface area contributed by atoms with Crippen LogP contribution in [0.5, 0.6) is 5.75 Å². The maximum Gasteiger partial charge on any atom is 0.273 e. The van der Waals surface area contributed by atoms with Crippen molar-refractivity contribution in [3.05, 3.63) is 78.1 Å². The lowest BCUT2D eigenvalue weighted by Crippen LogP contribution is -2.28. The van der Waals surface area contributed by atoms with Crippen LogP contribution >= 0.6 is 0 Å². The van der Waals surface area contributed by atoms with E-state index >= 15 is 0 Å². The largest absolute Gasteiger partial charge is 0.492 e. The van der Waals surface area contributed by atoms with Gasteiger partial charge in [0.1, 0.15) is 12.4 Å². The molecule has 3 aromatic rings. The first kappa shape index (κ1) is 15.7. The number of hydrogen-bond acceptors (Lipinski definition) is 4. The van der Waals surface area contributed by atoms with E-state index in [1.165, 1.54) is 0 Å². The lowest BCUT2D eigenvalue weighted by molar-refractivity contribution is 0.0942. The molecular weight excluding hydrogens is 304 g/mol. The minimum atomic E-state index is -0.258. The summed E-state index contributed by atoms with van der Waals surface area (Å²) in [6.45, 7) is 1.38. The highest BCUT2D eigenvalue weighted by molar-refractivity contribution is 5.91. The van der Waals surface area contributed by atoms with Crippen LogP contribution in [0.15, 0.2) is 66.9 Å². The molecule has 1 aromatic heterocycles. The van der Waals surface area contributed by atoms with Gasteiger partial charge in [0.2, 0.25) is 0 Å². The number of rotatable bonds is 7. The minimum absolute atomic E-state index is 0.258. The molecule has 0 spiro atoms. The molecule has 0 radical (unpaired) electrons. The van der Waals surface area contributed by atoms with Gasteiger partial charge in [0, 0.05) is 0 Å². The van der Waals surface area contributed by atoms with Gasteiger partial charge in [-0.2, -0.15) is 0 Å². The summed E-state index contributed by atoms with van der Waals surface area (Å²) in [4.78, 5) is 12.0. The smallest absolute Gasteiger partial charge is 0.273 e. The Labute approximate surface area is 140 Å². The molecule has 0 aliphatic carbocycles. The molecule has 6 heteroatoms. The topological polar surface area (TPSA) is 69.0 Å². The molecule has 0 saturated carbocycles. The van der Waals surface area contributed by atoms with Crippen LogP contribution in [0.2, 0.25) is 0 Å². The van der Waals surface area contributed by atoms with Crippen molar-refractivity contribution in [1.29, 1.82) is 0 Å². The molecule has 1 amide bonds. The van der Waals surface area contributed by atoms with Gasteiger partial charge in [-0.3, -0.25) is 4.79 Å². The van der Waals surface area contributed by atoms with Gasteiger partial charge in [-0.05, 0) is 17.7 Å². The predicted octanol–water partition coefficient (Wildman–Crippen LogP) is 2.14. The Bertz CT molecular complexity index is 772. The summed E-state index contributed by atoms with van der Waals surface area (Å²) < 4.78 is 7.16. The van der Waals surface area contributed by atoms with E-state index in [4.69, 9.17) is 4.74 Å². The fraction of sp³-hybridized carbons (Fsp3) is 0.167. The number of para-hydroxylation sites is 1. The Balaban J connectivity index is 1.45. The molecule has 122 valence electrons. The lowest BCUT2D eigenvalue weighted by Gasteiger charge is -2.06. The second kappa shape index (κ2) is 7.92. The zero-order valence-corrected chi connectivity index (χ0v) is 13.1. The van der Waals surface area contributed by atoms with E-state index in [1.54, 1.807) is 10.9 Å². The number of amides is 1. The quantitative estimate of drug-likeness (QED) is 0.677. The summed E-state index contributed by atoms with van der Waals surface area (Å²) in [7, 11) is 0.